The quantitative estimate of drug-likeness (QED) is 0.405. The normalized spacial score (nSPS) is 33.4. The van der Waals surface area contributed by atoms with Crippen LogP contribution in [0.3, 0.4) is 0 Å². The van der Waals surface area contributed by atoms with Gasteiger partial charge < -0.3 is 4.74 Å². The summed E-state index contributed by atoms with van der Waals surface area (Å²) >= 11 is 0. The van der Waals surface area contributed by atoms with Gasteiger partial charge in [0.25, 0.3) is 0 Å². The van der Waals surface area contributed by atoms with Crippen LogP contribution in [0.15, 0.2) is 91.0 Å². The van der Waals surface area contributed by atoms with Gasteiger partial charge in [-0.25, -0.2) is 0 Å². The average Bonchev–Trinajstić information content (AvgIpc) is 3.29. The van der Waals surface area contributed by atoms with Crippen LogP contribution >= 0.6 is 0 Å². The highest BCUT2D eigenvalue weighted by Gasteiger charge is 2.73. The van der Waals surface area contributed by atoms with Crippen molar-refractivity contribution < 1.29 is 14.3 Å². The molecule has 1 spiro atoms. The van der Waals surface area contributed by atoms with Crippen molar-refractivity contribution in [1.82, 2.24) is 0 Å². The number of ketones is 2. The molecule has 2 aromatic carbocycles. The van der Waals surface area contributed by atoms with Gasteiger partial charge in [-0.05, 0) is 43.0 Å². The predicted octanol–water partition coefficient (Wildman–Crippen LogP) is 6.08. The Labute approximate surface area is 195 Å². The van der Waals surface area contributed by atoms with E-state index in [2.05, 4.69) is 19.1 Å². The Kier molecular flexibility index (Phi) is 5.76. The Morgan fingerprint density at radius 2 is 1.64 bits per heavy atom. The van der Waals surface area contributed by atoms with E-state index in [0.29, 0.717) is 0 Å². The molecule has 2 bridgehead atoms. The summed E-state index contributed by atoms with van der Waals surface area (Å²) in [7, 11) is 0. The molecule has 3 nitrogen and oxygen atoms in total. The largest absolute Gasteiger partial charge is 0.362 e. The van der Waals surface area contributed by atoms with Crippen LogP contribution in [0, 0.1) is 11.3 Å². The number of benzene rings is 2. The Hall–Kier alpha value is -3.04. The van der Waals surface area contributed by atoms with Crippen LogP contribution in [0.1, 0.15) is 49.7 Å². The molecular weight excluding hydrogens is 408 g/mol. The van der Waals surface area contributed by atoms with Gasteiger partial charge in [0.1, 0.15) is 6.10 Å². The molecule has 0 amide bonds. The Morgan fingerprint density at radius 3 is 2.39 bits per heavy atom. The SMILES string of the molecule is C[C@]12CCCC[C@@]13O[C@@H](C2=O)[C@@H](c1ccccc1)[C@@H]3/C=C/C(=O)/C=C/C=C/c1ccccc1. The molecule has 0 radical (unpaired) electrons. The zero-order valence-electron chi connectivity index (χ0n) is 19.0. The van der Waals surface area contributed by atoms with Crippen LogP contribution < -0.4 is 0 Å². The van der Waals surface area contributed by atoms with Crippen molar-refractivity contribution in [2.45, 2.75) is 50.2 Å². The standard InChI is InChI=1S/C30H30O3/c1-29-20-10-11-21-30(29)25(26(27(33-30)28(29)32)23-15-6-3-7-16-23)19-18-24(31)17-9-8-14-22-12-4-2-5-13-22/h2-9,12-19,25-27H,10-11,20-21H2,1H3/b14-8+,17-9+,19-18+/t25-,26-,27+,29+,30-/m0/s1. The number of ether oxygens (including phenoxy) is 1. The highest BCUT2D eigenvalue weighted by Crippen LogP contribution is 2.66. The summed E-state index contributed by atoms with van der Waals surface area (Å²) in [5, 5.41) is 0. The molecule has 0 N–H and O–H groups in total. The number of allylic oxidation sites excluding steroid dienone is 4. The summed E-state index contributed by atoms with van der Waals surface area (Å²) in [6.45, 7) is 2.09. The lowest BCUT2D eigenvalue weighted by molar-refractivity contribution is -0.135. The third kappa shape index (κ3) is 3.65. The van der Waals surface area contributed by atoms with Gasteiger partial charge in [-0.1, -0.05) is 97.8 Å². The fourth-order valence-corrected chi connectivity index (χ4v) is 6.26. The molecule has 1 aliphatic carbocycles. The molecule has 2 aromatic rings. The van der Waals surface area contributed by atoms with E-state index in [-0.39, 0.29) is 23.4 Å². The maximum atomic E-state index is 13.4. The zero-order chi connectivity index (χ0) is 22.9. The minimum atomic E-state index is -0.513. The Bertz CT molecular complexity index is 1110. The van der Waals surface area contributed by atoms with Gasteiger partial charge in [-0.15, -0.1) is 0 Å². The van der Waals surface area contributed by atoms with Crippen LogP contribution in [-0.4, -0.2) is 23.3 Å². The van der Waals surface area contributed by atoms with E-state index in [0.717, 1.165) is 36.8 Å². The average molecular weight is 439 g/mol. The van der Waals surface area contributed by atoms with E-state index in [1.165, 1.54) is 0 Å². The molecule has 3 aliphatic rings. The lowest BCUT2D eigenvalue weighted by atomic mass is 9.52. The highest BCUT2D eigenvalue weighted by atomic mass is 16.5. The van der Waals surface area contributed by atoms with E-state index < -0.39 is 17.1 Å². The molecule has 5 atom stereocenters. The lowest BCUT2D eigenvalue weighted by Gasteiger charge is -2.49. The second-order valence-electron chi connectivity index (χ2n) is 9.68. The number of carbonyl (C=O) groups is 2. The van der Waals surface area contributed by atoms with Crippen molar-refractivity contribution in [3.63, 3.8) is 0 Å². The van der Waals surface area contributed by atoms with Gasteiger partial charge in [0.05, 0.1) is 11.0 Å². The van der Waals surface area contributed by atoms with Gasteiger partial charge in [-0.2, -0.15) is 0 Å². The van der Waals surface area contributed by atoms with Gasteiger partial charge >= 0.3 is 0 Å². The molecule has 0 unspecified atom stereocenters. The van der Waals surface area contributed by atoms with Crippen LogP contribution in [0.2, 0.25) is 0 Å². The predicted molar refractivity (Wildman–Crippen MR) is 131 cm³/mol. The minimum absolute atomic E-state index is 0.00473. The molecule has 2 aliphatic heterocycles. The number of carbonyl (C=O) groups excluding carboxylic acids is 2. The number of hydrogen-bond acceptors (Lipinski definition) is 3. The summed E-state index contributed by atoms with van der Waals surface area (Å²) in [5.41, 5.74) is 1.23. The molecule has 5 rings (SSSR count). The molecule has 3 fully saturated rings. The van der Waals surface area contributed by atoms with Crippen LogP contribution in [0.25, 0.3) is 6.08 Å². The van der Waals surface area contributed by atoms with Gasteiger partial charge in [0, 0.05) is 11.8 Å². The molecular formula is C30H30O3. The number of fused-ring (bicyclic) bond motifs is 1. The third-order valence-electron chi connectivity index (χ3n) is 7.91. The summed E-state index contributed by atoms with van der Waals surface area (Å²) in [6.07, 6.45) is 14.3. The van der Waals surface area contributed by atoms with E-state index in [1.54, 1.807) is 18.2 Å². The first-order chi connectivity index (χ1) is 16.1. The fourth-order valence-electron chi connectivity index (χ4n) is 6.26. The van der Waals surface area contributed by atoms with Crippen LogP contribution in [-0.2, 0) is 14.3 Å². The number of rotatable bonds is 6. The second-order valence-corrected chi connectivity index (χ2v) is 9.68. The fraction of sp³-hybridized carbons (Fsp3) is 0.333. The maximum Gasteiger partial charge on any atom is 0.178 e. The maximum absolute atomic E-state index is 13.4. The van der Waals surface area contributed by atoms with E-state index in [4.69, 9.17) is 4.74 Å². The molecule has 2 saturated heterocycles. The number of Topliss-reactive ketones (excluding diaryl/α,β-unsaturated/α-hetero) is 1. The second kappa shape index (κ2) is 8.72. The number of hydrogen-bond donors (Lipinski definition) is 0. The first-order valence-electron chi connectivity index (χ1n) is 11.9. The van der Waals surface area contributed by atoms with Crippen molar-refractivity contribution >= 4 is 17.6 Å². The monoisotopic (exact) mass is 438 g/mol. The first-order valence-corrected chi connectivity index (χ1v) is 11.9. The summed E-state index contributed by atoms with van der Waals surface area (Å²) in [4.78, 5) is 26.1. The highest BCUT2D eigenvalue weighted by molar-refractivity contribution is 6.00. The van der Waals surface area contributed by atoms with Crippen LogP contribution in [0.5, 0.6) is 0 Å². The van der Waals surface area contributed by atoms with Crippen molar-refractivity contribution in [2.24, 2.45) is 11.3 Å². The molecule has 0 aromatic heterocycles. The topological polar surface area (TPSA) is 43.4 Å². The Balaban J connectivity index is 1.40. The lowest BCUT2D eigenvalue weighted by Crippen LogP contribution is -2.56. The van der Waals surface area contributed by atoms with Crippen molar-refractivity contribution in [2.75, 3.05) is 0 Å². The molecule has 3 heteroatoms. The van der Waals surface area contributed by atoms with E-state index in [9.17, 15) is 9.59 Å². The molecule has 2 heterocycles. The smallest absolute Gasteiger partial charge is 0.178 e. The molecule has 33 heavy (non-hydrogen) atoms. The van der Waals surface area contributed by atoms with Crippen LogP contribution in [0.4, 0.5) is 0 Å². The summed E-state index contributed by atoms with van der Waals surface area (Å²) < 4.78 is 6.60. The van der Waals surface area contributed by atoms with Gasteiger partial charge in [0.15, 0.2) is 11.6 Å². The summed E-state index contributed by atoms with van der Waals surface area (Å²) in [5.74, 6) is 0.154. The Morgan fingerprint density at radius 1 is 0.939 bits per heavy atom. The van der Waals surface area contributed by atoms with E-state index >= 15 is 0 Å². The summed E-state index contributed by atoms with van der Waals surface area (Å²) in [6, 6.07) is 20.2. The molecule has 1 saturated carbocycles. The zero-order valence-corrected chi connectivity index (χ0v) is 19.0. The van der Waals surface area contributed by atoms with Gasteiger partial charge in [0.2, 0.25) is 0 Å². The van der Waals surface area contributed by atoms with Gasteiger partial charge in [-0.3, -0.25) is 9.59 Å². The first kappa shape index (κ1) is 21.8. The van der Waals surface area contributed by atoms with Crippen molar-refractivity contribution in [3.8, 4) is 0 Å². The van der Waals surface area contributed by atoms with Crippen molar-refractivity contribution in [1.29, 1.82) is 0 Å². The van der Waals surface area contributed by atoms with Crippen molar-refractivity contribution in [3.05, 3.63) is 102 Å². The van der Waals surface area contributed by atoms with E-state index in [1.807, 2.05) is 66.8 Å². The molecule has 168 valence electrons. The minimum Gasteiger partial charge on any atom is -0.362 e. The third-order valence-corrected chi connectivity index (χ3v) is 7.91.